The van der Waals surface area contributed by atoms with Gasteiger partial charge in [-0.1, -0.05) is 13.0 Å². The van der Waals surface area contributed by atoms with Crippen LogP contribution in [-0.2, 0) is 0 Å². The molecule has 0 radical (unpaired) electrons. The number of hydrogen-bond acceptors (Lipinski definition) is 5. The van der Waals surface area contributed by atoms with Crippen molar-refractivity contribution in [3.8, 4) is 0 Å². The number of nitrogens with two attached hydrogens (primary N) is 1. The third-order valence-electron chi connectivity index (χ3n) is 4.52. The average Bonchev–Trinajstić information content (AvgIpc) is 3.00. The highest BCUT2D eigenvalue weighted by Gasteiger charge is 2.35. The molecule has 7 heteroatoms. The molecule has 1 saturated heterocycles. The lowest BCUT2D eigenvalue weighted by atomic mass is 9.90. The summed E-state index contributed by atoms with van der Waals surface area (Å²) in [4.78, 5) is 14.6. The van der Waals surface area contributed by atoms with Gasteiger partial charge in [0.2, 0.25) is 0 Å². The molecule has 25 heavy (non-hydrogen) atoms. The number of likely N-dealkylation sites (tertiary alicyclic amines) is 1. The zero-order chi connectivity index (χ0) is 17.2. The van der Waals surface area contributed by atoms with E-state index in [1.165, 1.54) is 0 Å². The Kier molecular flexibility index (Phi) is 5.98. The predicted octanol–water partition coefficient (Wildman–Crippen LogP) is 2.76. The minimum absolute atomic E-state index is 0. The molecule has 0 saturated carbocycles. The molecule has 1 atom stereocenters. The quantitative estimate of drug-likeness (QED) is 0.874. The Morgan fingerprint density at radius 1 is 1.32 bits per heavy atom. The second-order valence-electron chi connectivity index (χ2n) is 6.76. The van der Waals surface area contributed by atoms with E-state index in [1.807, 2.05) is 48.2 Å². The molecule has 1 aromatic heterocycles. The Bertz CT molecular complexity index is 737. The summed E-state index contributed by atoms with van der Waals surface area (Å²) in [7, 11) is 0. The molecule has 1 aliphatic heterocycles. The van der Waals surface area contributed by atoms with Gasteiger partial charge in [-0.15, -0.1) is 17.5 Å². The van der Waals surface area contributed by atoms with E-state index in [2.05, 4.69) is 22.4 Å². The van der Waals surface area contributed by atoms with Crippen LogP contribution in [0.25, 0.3) is 0 Å². The van der Waals surface area contributed by atoms with E-state index in [0.29, 0.717) is 24.5 Å². The van der Waals surface area contributed by atoms with Crippen LogP contribution in [0, 0.1) is 12.3 Å². The number of hydrogen-bond donors (Lipinski definition) is 2. The van der Waals surface area contributed by atoms with E-state index < -0.39 is 0 Å². The molecule has 2 heterocycles. The molecular formula is C18H24ClN5O. The number of benzene rings is 1. The molecule has 3 N–H and O–H groups in total. The first-order valence-corrected chi connectivity index (χ1v) is 8.16. The Hall–Kier alpha value is -2.18. The standard InChI is InChI=1S/C18H23N5O.ClH/c1-13-6-7-16(22-21-13)20-15-5-3-4-14(10-15)17(24)23-9-8-18(2,11-19)12-23;/h3-7,10H,8-9,11-12,19H2,1-2H3,(H,20,22);1H. The summed E-state index contributed by atoms with van der Waals surface area (Å²) in [5.41, 5.74) is 8.21. The van der Waals surface area contributed by atoms with E-state index in [0.717, 1.165) is 24.3 Å². The molecule has 1 unspecified atom stereocenters. The summed E-state index contributed by atoms with van der Waals surface area (Å²) in [6.07, 6.45) is 0.951. The van der Waals surface area contributed by atoms with Crippen LogP contribution >= 0.6 is 12.4 Å². The first kappa shape index (κ1) is 19.1. The second-order valence-corrected chi connectivity index (χ2v) is 6.76. The van der Waals surface area contributed by atoms with Gasteiger partial charge in [0.25, 0.3) is 5.91 Å². The molecule has 1 aromatic carbocycles. The zero-order valence-electron chi connectivity index (χ0n) is 14.5. The van der Waals surface area contributed by atoms with Crippen LogP contribution in [0.1, 0.15) is 29.4 Å². The predicted molar refractivity (Wildman–Crippen MR) is 101 cm³/mol. The van der Waals surface area contributed by atoms with E-state index in [-0.39, 0.29) is 23.7 Å². The number of anilines is 2. The fourth-order valence-corrected chi connectivity index (χ4v) is 2.89. The second kappa shape index (κ2) is 7.80. The van der Waals surface area contributed by atoms with Crippen molar-refractivity contribution in [2.75, 3.05) is 25.0 Å². The number of amides is 1. The number of carbonyl (C=O) groups is 1. The first-order chi connectivity index (χ1) is 11.5. The Labute approximate surface area is 154 Å². The number of carbonyl (C=O) groups excluding carboxylic acids is 1. The van der Waals surface area contributed by atoms with Crippen LogP contribution in [-0.4, -0.2) is 40.6 Å². The van der Waals surface area contributed by atoms with Crippen molar-refractivity contribution in [2.45, 2.75) is 20.3 Å². The molecule has 0 spiro atoms. The summed E-state index contributed by atoms with van der Waals surface area (Å²) >= 11 is 0. The Morgan fingerprint density at radius 3 is 2.76 bits per heavy atom. The van der Waals surface area contributed by atoms with Gasteiger partial charge in [-0.3, -0.25) is 4.79 Å². The van der Waals surface area contributed by atoms with Gasteiger partial charge in [0.15, 0.2) is 5.82 Å². The van der Waals surface area contributed by atoms with Crippen molar-refractivity contribution in [3.63, 3.8) is 0 Å². The molecule has 0 aliphatic carbocycles. The minimum Gasteiger partial charge on any atom is -0.339 e. The molecule has 2 aromatic rings. The van der Waals surface area contributed by atoms with Gasteiger partial charge in [-0.25, -0.2) is 0 Å². The lowest BCUT2D eigenvalue weighted by Gasteiger charge is -2.22. The SMILES string of the molecule is Cc1ccc(Nc2cccc(C(=O)N3CCC(C)(CN)C3)c2)nn1.Cl. The van der Waals surface area contributed by atoms with Crippen LogP contribution in [0.4, 0.5) is 11.5 Å². The van der Waals surface area contributed by atoms with Gasteiger partial charge >= 0.3 is 0 Å². The molecule has 1 amide bonds. The van der Waals surface area contributed by atoms with Crippen LogP contribution in [0.15, 0.2) is 36.4 Å². The molecule has 6 nitrogen and oxygen atoms in total. The largest absolute Gasteiger partial charge is 0.339 e. The van der Waals surface area contributed by atoms with E-state index >= 15 is 0 Å². The molecule has 0 bridgehead atoms. The highest BCUT2D eigenvalue weighted by molar-refractivity contribution is 5.95. The van der Waals surface area contributed by atoms with Gasteiger partial charge < -0.3 is 16.0 Å². The topological polar surface area (TPSA) is 84.1 Å². The highest BCUT2D eigenvalue weighted by atomic mass is 35.5. The maximum Gasteiger partial charge on any atom is 0.253 e. The van der Waals surface area contributed by atoms with Crippen LogP contribution < -0.4 is 11.1 Å². The summed E-state index contributed by atoms with van der Waals surface area (Å²) in [6, 6.07) is 11.2. The van der Waals surface area contributed by atoms with Crippen molar-refractivity contribution in [1.82, 2.24) is 15.1 Å². The maximum absolute atomic E-state index is 12.7. The average molecular weight is 362 g/mol. The van der Waals surface area contributed by atoms with Crippen molar-refractivity contribution in [3.05, 3.63) is 47.7 Å². The Balaban J connectivity index is 0.00000225. The monoisotopic (exact) mass is 361 g/mol. The fourth-order valence-electron chi connectivity index (χ4n) is 2.89. The maximum atomic E-state index is 12.7. The number of halogens is 1. The highest BCUT2D eigenvalue weighted by Crippen LogP contribution is 2.29. The van der Waals surface area contributed by atoms with Crippen molar-refractivity contribution < 1.29 is 4.79 Å². The van der Waals surface area contributed by atoms with Crippen molar-refractivity contribution in [2.24, 2.45) is 11.1 Å². The zero-order valence-corrected chi connectivity index (χ0v) is 15.3. The summed E-state index contributed by atoms with van der Waals surface area (Å²) in [5, 5.41) is 11.3. The molecule has 134 valence electrons. The Morgan fingerprint density at radius 2 is 2.12 bits per heavy atom. The lowest BCUT2D eigenvalue weighted by Crippen LogP contribution is -2.34. The smallest absolute Gasteiger partial charge is 0.253 e. The third-order valence-corrected chi connectivity index (χ3v) is 4.52. The number of rotatable bonds is 4. The van der Waals surface area contributed by atoms with Crippen LogP contribution in [0.5, 0.6) is 0 Å². The van der Waals surface area contributed by atoms with E-state index in [4.69, 9.17) is 5.73 Å². The molecule has 3 rings (SSSR count). The van der Waals surface area contributed by atoms with Crippen LogP contribution in [0.3, 0.4) is 0 Å². The normalized spacial score (nSPS) is 19.4. The number of nitrogens with zero attached hydrogens (tertiary/aromatic N) is 3. The summed E-state index contributed by atoms with van der Waals surface area (Å²) in [6.45, 7) is 6.09. The minimum atomic E-state index is 0. The first-order valence-electron chi connectivity index (χ1n) is 8.16. The fraction of sp³-hybridized carbons (Fsp3) is 0.389. The van der Waals surface area contributed by atoms with Gasteiger partial charge in [0.1, 0.15) is 0 Å². The van der Waals surface area contributed by atoms with Gasteiger partial charge in [-0.05, 0) is 55.6 Å². The summed E-state index contributed by atoms with van der Waals surface area (Å²) in [5.74, 6) is 0.702. The van der Waals surface area contributed by atoms with Crippen molar-refractivity contribution >= 4 is 29.8 Å². The van der Waals surface area contributed by atoms with E-state index in [1.54, 1.807) is 0 Å². The number of nitrogens with one attached hydrogen (secondary N) is 1. The van der Waals surface area contributed by atoms with Gasteiger partial charge in [0, 0.05) is 24.3 Å². The molecular weight excluding hydrogens is 338 g/mol. The lowest BCUT2D eigenvalue weighted by molar-refractivity contribution is 0.0777. The third kappa shape index (κ3) is 4.46. The number of aromatic nitrogens is 2. The number of aryl methyl sites for hydroxylation is 1. The van der Waals surface area contributed by atoms with Gasteiger partial charge in [0.05, 0.1) is 5.69 Å². The summed E-state index contributed by atoms with van der Waals surface area (Å²) < 4.78 is 0. The van der Waals surface area contributed by atoms with E-state index in [9.17, 15) is 4.79 Å². The van der Waals surface area contributed by atoms with Crippen LogP contribution in [0.2, 0.25) is 0 Å². The molecule has 1 fully saturated rings. The molecule has 1 aliphatic rings. The van der Waals surface area contributed by atoms with Crippen molar-refractivity contribution in [1.29, 1.82) is 0 Å². The van der Waals surface area contributed by atoms with Gasteiger partial charge in [-0.2, -0.15) is 5.10 Å².